The van der Waals surface area contributed by atoms with Crippen LogP contribution in [0, 0.1) is 10.8 Å². The van der Waals surface area contributed by atoms with Gasteiger partial charge in [0, 0.05) is 12.0 Å². The van der Waals surface area contributed by atoms with Crippen molar-refractivity contribution in [1.82, 2.24) is 0 Å². The zero-order chi connectivity index (χ0) is 13.0. The summed E-state index contributed by atoms with van der Waals surface area (Å²) in [6.07, 6.45) is 0. The SMILES string of the molecule is COc1cc(N=O)c(C(=O)C(C)C)cc1OC. The Morgan fingerprint density at radius 1 is 1.18 bits per heavy atom. The van der Waals surface area contributed by atoms with Crippen LogP contribution >= 0.6 is 0 Å². The van der Waals surface area contributed by atoms with Crippen molar-refractivity contribution in [1.29, 1.82) is 0 Å². The van der Waals surface area contributed by atoms with Gasteiger partial charge in [-0.2, -0.15) is 0 Å². The number of nitrogens with zero attached hydrogens (tertiary/aromatic N) is 1. The summed E-state index contributed by atoms with van der Waals surface area (Å²) in [4.78, 5) is 22.6. The summed E-state index contributed by atoms with van der Waals surface area (Å²) in [6, 6.07) is 2.89. The maximum Gasteiger partial charge on any atom is 0.167 e. The minimum Gasteiger partial charge on any atom is -0.493 e. The van der Waals surface area contributed by atoms with Crippen molar-refractivity contribution >= 4 is 11.5 Å². The predicted molar refractivity (Wildman–Crippen MR) is 64.2 cm³/mol. The summed E-state index contributed by atoms with van der Waals surface area (Å²) >= 11 is 0. The van der Waals surface area contributed by atoms with Crippen molar-refractivity contribution < 1.29 is 14.3 Å². The average Bonchev–Trinajstić information content (AvgIpc) is 2.35. The number of carbonyl (C=O) groups is 1. The van der Waals surface area contributed by atoms with Gasteiger partial charge in [-0.1, -0.05) is 13.8 Å². The fourth-order valence-electron chi connectivity index (χ4n) is 1.45. The lowest BCUT2D eigenvalue weighted by atomic mass is 9.99. The second-order valence-corrected chi connectivity index (χ2v) is 3.83. The lowest BCUT2D eigenvalue weighted by molar-refractivity contribution is 0.0939. The van der Waals surface area contributed by atoms with Gasteiger partial charge in [0.05, 0.1) is 19.8 Å². The molecule has 1 aromatic rings. The Kier molecular flexibility index (Phi) is 4.20. The van der Waals surface area contributed by atoms with Crippen LogP contribution in [0.5, 0.6) is 11.5 Å². The number of nitroso groups, excluding NO2 is 1. The number of benzene rings is 1. The molecule has 0 aromatic heterocycles. The van der Waals surface area contributed by atoms with Gasteiger partial charge in [0.25, 0.3) is 0 Å². The topological polar surface area (TPSA) is 65.0 Å². The fraction of sp³-hybridized carbons (Fsp3) is 0.417. The first kappa shape index (κ1) is 13.2. The number of ketones is 1. The Morgan fingerprint density at radius 3 is 2.12 bits per heavy atom. The Morgan fingerprint density at radius 2 is 1.71 bits per heavy atom. The van der Waals surface area contributed by atoms with Crippen molar-refractivity contribution in [3.63, 3.8) is 0 Å². The second-order valence-electron chi connectivity index (χ2n) is 3.83. The van der Waals surface area contributed by atoms with Crippen molar-refractivity contribution in [2.24, 2.45) is 11.1 Å². The molecular weight excluding hydrogens is 222 g/mol. The summed E-state index contributed by atoms with van der Waals surface area (Å²) in [5, 5.41) is 2.85. The Labute approximate surface area is 99.7 Å². The normalized spacial score (nSPS) is 10.2. The first-order valence-electron chi connectivity index (χ1n) is 5.18. The minimum absolute atomic E-state index is 0.0707. The Balaban J connectivity index is 3.38. The Hall–Kier alpha value is -1.91. The second kappa shape index (κ2) is 5.43. The summed E-state index contributed by atoms with van der Waals surface area (Å²) < 4.78 is 10.1. The van der Waals surface area contributed by atoms with Gasteiger partial charge in [0.15, 0.2) is 17.3 Å². The molecule has 5 nitrogen and oxygen atoms in total. The van der Waals surface area contributed by atoms with E-state index >= 15 is 0 Å². The monoisotopic (exact) mass is 237 g/mol. The molecule has 0 radical (unpaired) electrons. The number of Topliss-reactive ketones (excluding diaryl/α,β-unsaturated/α-hetero) is 1. The smallest absolute Gasteiger partial charge is 0.167 e. The van der Waals surface area contributed by atoms with Gasteiger partial charge in [0.1, 0.15) is 5.69 Å². The van der Waals surface area contributed by atoms with E-state index in [1.807, 2.05) is 0 Å². The number of ether oxygens (including phenoxy) is 2. The highest BCUT2D eigenvalue weighted by Crippen LogP contribution is 2.35. The summed E-state index contributed by atoms with van der Waals surface area (Å²) in [5.74, 6) is 0.417. The van der Waals surface area contributed by atoms with E-state index in [1.165, 1.54) is 26.4 Å². The van der Waals surface area contributed by atoms with E-state index in [0.717, 1.165) is 0 Å². The number of methoxy groups -OCH3 is 2. The van der Waals surface area contributed by atoms with Gasteiger partial charge < -0.3 is 9.47 Å². The van der Waals surface area contributed by atoms with Crippen molar-refractivity contribution in [3.05, 3.63) is 22.6 Å². The van der Waals surface area contributed by atoms with Gasteiger partial charge in [-0.25, -0.2) is 0 Å². The zero-order valence-corrected chi connectivity index (χ0v) is 10.3. The molecule has 0 fully saturated rings. The molecule has 0 saturated heterocycles. The van der Waals surface area contributed by atoms with Crippen LogP contribution in [0.2, 0.25) is 0 Å². The summed E-state index contributed by atoms with van der Waals surface area (Å²) in [5.41, 5.74) is 0.328. The van der Waals surface area contributed by atoms with Crippen LogP contribution in [0.1, 0.15) is 24.2 Å². The van der Waals surface area contributed by atoms with Crippen LogP contribution in [0.25, 0.3) is 0 Å². The van der Waals surface area contributed by atoms with Crippen LogP contribution in [0.3, 0.4) is 0 Å². The van der Waals surface area contributed by atoms with E-state index in [0.29, 0.717) is 11.5 Å². The first-order chi connectivity index (χ1) is 8.04. The molecule has 17 heavy (non-hydrogen) atoms. The van der Waals surface area contributed by atoms with E-state index in [9.17, 15) is 9.70 Å². The van der Waals surface area contributed by atoms with Gasteiger partial charge in [-0.15, -0.1) is 4.91 Å². The molecule has 1 rings (SSSR count). The molecule has 0 aliphatic rings. The molecule has 0 amide bonds. The predicted octanol–water partition coefficient (Wildman–Crippen LogP) is 2.94. The number of carbonyl (C=O) groups excluding carboxylic acids is 1. The molecule has 0 saturated carbocycles. The first-order valence-corrected chi connectivity index (χ1v) is 5.18. The largest absolute Gasteiger partial charge is 0.493 e. The molecule has 0 aliphatic heterocycles. The van der Waals surface area contributed by atoms with E-state index in [-0.39, 0.29) is 23.0 Å². The summed E-state index contributed by atoms with van der Waals surface area (Å²) in [6.45, 7) is 3.52. The maximum absolute atomic E-state index is 11.9. The molecule has 0 N–H and O–H groups in total. The van der Waals surface area contributed by atoms with Gasteiger partial charge in [-0.3, -0.25) is 4.79 Å². The molecule has 0 spiro atoms. The summed E-state index contributed by atoms with van der Waals surface area (Å²) in [7, 11) is 2.92. The maximum atomic E-state index is 11.9. The Bertz CT molecular complexity index is 440. The van der Waals surface area contributed by atoms with Crippen molar-refractivity contribution in [2.45, 2.75) is 13.8 Å². The van der Waals surface area contributed by atoms with E-state index < -0.39 is 0 Å². The number of hydrogen-bond acceptors (Lipinski definition) is 5. The molecular formula is C12H15NO4. The lowest BCUT2D eigenvalue weighted by Crippen LogP contribution is -2.08. The van der Waals surface area contributed by atoms with Gasteiger partial charge in [-0.05, 0) is 11.2 Å². The van der Waals surface area contributed by atoms with Crippen molar-refractivity contribution in [3.8, 4) is 11.5 Å². The number of hydrogen-bond donors (Lipinski definition) is 0. The van der Waals surface area contributed by atoms with Gasteiger partial charge >= 0.3 is 0 Å². The highest BCUT2D eigenvalue weighted by molar-refractivity contribution is 6.02. The standard InChI is InChI=1S/C12H15NO4/c1-7(2)12(14)8-5-10(16-3)11(17-4)6-9(8)13-15/h5-7H,1-4H3. The van der Waals surface area contributed by atoms with Gasteiger partial charge in [0.2, 0.25) is 0 Å². The molecule has 92 valence electrons. The highest BCUT2D eigenvalue weighted by atomic mass is 16.5. The third-order valence-corrected chi connectivity index (χ3v) is 2.39. The van der Waals surface area contributed by atoms with E-state index in [1.54, 1.807) is 13.8 Å². The van der Waals surface area contributed by atoms with Crippen LogP contribution in [0.4, 0.5) is 5.69 Å². The highest BCUT2D eigenvalue weighted by Gasteiger charge is 2.19. The quantitative estimate of drug-likeness (QED) is 0.583. The number of rotatable bonds is 5. The molecule has 5 heteroatoms. The molecule has 0 aliphatic carbocycles. The molecule has 0 heterocycles. The van der Waals surface area contributed by atoms with Crippen LogP contribution in [-0.4, -0.2) is 20.0 Å². The molecule has 0 unspecified atom stereocenters. The molecule has 0 bridgehead atoms. The van der Waals surface area contributed by atoms with Crippen LogP contribution in [-0.2, 0) is 0 Å². The van der Waals surface area contributed by atoms with Crippen LogP contribution < -0.4 is 9.47 Å². The average molecular weight is 237 g/mol. The van der Waals surface area contributed by atoms with Crippen LogP contribution in [0.15, 0.2) is 17.3 Å². The molecule has 1 aromatic carbocycles. The van der Waals surface area contributed by atoms with E-state index in [4.69, 9.17) is 9.47 Å². The van der Waals surface area contributed by atoms with E-state index in [2.05, 4.69) is 5.18 Å². The zero-order valence-electron chi connectivity index (χ0n) is 10.3. The minimum atomic E-state index is -0.214. The molecule has 0 atom stereocenters. The fourth-order valence-corrected chi connectivity index (χ4v) is 1.45. The third-order valence-electron chi connectivity index (χ3n) is 2.39. The van der Waals surface area contributed by atoms with Crippen molar-refractivity contribution in [2.75, 3.05) is 14.2 Å². The lowest BCUT2D eigenvalue weighted by Gasteiger charge is -2.11. The third kappa shape index (κ3) is 2.61.